The molecule has 2 aromatic rings. The molecule has 2 heteroatoms. The molecule has 0 bridgehead atoms. The standard InChI is InChI=1S/C18H18FN/c1-20(12-14-7-3-2-4-8-14)13-17-16-10-6-5-9-15(16)11-18(17)19/h2-10H,11-13H2,1H3. The molecule has 0 aromatic heterocycles. The molecule has 0 heterocycles. The summed E-state index contributed by atoms with van der Waals surface area (Å²) in [5, 5.41) is 0. The first kappa shape index (κ1) is 13.1. The Morgan fingerprint density at radius 2 is 1.65 bits per heavy atom. The van der Waals surface area contributed by atoms with Crippen molar-refractivity contribution >= 4 is 5.57 Å². The molecule has 0 saturated carbocycles. The minimum Gasteiger partial charge on any atom is -0.298 e. The van der Waals surface area contributed by atoms with Crippen LogP contribution in [0.1, 0.15) is 16.7 Å². The van der Waals surface area contributed by atoms with Crippen LogP contribution in [0.5, 0.6) is 0 Å². The molecular weight excluding hydrogens is 249 g/mol. The smallest absolute Gasteiger partial charge is 0.109 e. The van der Waals surface area contributed by atoms with E-state index < -0.39 is 0 Å². The largest absolute Gasteiger partial charge is 0.298 e. The average Bonchev–Trinajstić information content (AvgIpc) is 2.76. The van der Waals surface area contributed by atoms with E-state index in [-0.39, 0.29) is 5.83 Å². The Hall–Kier alpha value is -1.93. The zero-order valence-electron chi connectivity index (χ0n) is 11.6. The van der Waals surface area contributed by atoms with Gasteiger partial charge in [-0.25, -0.2) is 4.39 Å². The van der Waals surface area contributed by atoms with Crippen LogP contribution in [0.4, 0.5) is 4.39 Å². The fourth-order valence-electron chi connectivity index (χ4n) is 2.78. The van der Waals surface area contributed by atoms with Crippen molar-refractivity contribution in [2.75, 3.05) is 13.6 Å². The summed E-state index contributed by atoms with van der Waals surface area (Å²) in [4.78, 5) is 2.16. The summed E-state index contributed by atoms with van der Waals surface area (Å²) in [5.41, 5.74) is 4.28. The Balaban J connectivity index is 1.73. The second-order valence-corrected chi connectivity index (χ2v) is 5.38. The van der Waals surface area contributed by atoms with Crippen molar-refractivity contribution in [3.05, 3.63) is 77.1 Å². The Morgan fingerprint density at radius 1 is 0.950 bits per heavy atom. The van der Waals surface area contributed by atoms with Gasteiger partial charge >= 0.3 is 0 Å². The zero-order valence-corrected chi connectivity index (χ0v) is 11.6. The van der Waals surface area contributed by atoms with Crippen molar-refractivity contribution in [1.82, 2.24) is 4.90 Å². The second kappa shape index (κ2) is 5.59. The number of allylic oxidation sites excluding steroid dienone is 1. The van der Waals surface area contributed by atoms with Crippen molar-refractivity contribution in [3.8, 4) is 0 Å². The van der Waals surface area contributed by atoms with Gasteiger partial charge in [0.05, 0.1) is 0 Å². The molecule has 1 nitrogen and oxygen atoms in total. The lowest BCUT2D eigenvalue weighted by molar-refractivity contribution is 0.367. The minimum atomic E-state index is 0.0195. The van der Waals surface area contributed by atoms with Gasteiger partial charge in [0.15, 0.2) is 0 Å². The highest BCUT2D eigenvalue weighted by Crippen LogP contribution is 2.33. The molecule has 0 spiro atoms. The van der Waals surface area contributed by atoms with Crippen molar-refractivity contribution < 1.29 is 4.39 Å². The fourth-order valence-corrected chi connectivity index (χ4v) is 2.78. The summed E-state index contributed by atoms with van der Waals surface area (Å²) in [6.45, 7) is 1.48. The van der Waals surface area contributed by atoms with Crippen LogP contribution >= 0.6 is 0 Å². The van der Waals surface area contributed by atoms with Gasteiger partial charge in [-0.1, -0.05) is 54.6 Å². The highest BCUT2D eigenvalue weighted by atomic mass is 19.1. The van der Waals surface area contributed by atoms with Gasteiger partial charge < -0.3 is 0 Å². The van der Waals surface area contributed by atoms with Gasteiger partial charge in [-0.15, -0.1) is 0 Å². The fraction of sp³-hybridized carbons (Fsp3) is 0.222. The predicted molar refractivity (Wildman–Crippen MR) is 81.0 cm³/mol. The van der Waals surface area contributed by atoms with Gasteiger partial charge in [-0.2, -0.15) is 0 Å². The summed E-state index contributed by atoms with van der Waals surface area (Å²) in [5.74, 6) is 0.0195. The number of hydrogen-bond donors (Lipinski definition) is 0. The number of likely N-dealkylation sites (N-methyl/N-ethyl adjacent to an activating group) is 1. The maximum Gasteiger partial charge on any atom is 0.109 e. The molecule has 0 fully saturated rings. The lowest BCUT2D eigenvalue weighted by Crippen LogP contribution is -2.20. The van der Waals surface area contributed by atoms with Crippen LogP contribution in [0, 0.1) is 0 Å². The summed E-state index contributed by atoms with van der Waals surface area (Å²) in [6.07, 6.45) is 0.449. The summed E-state index contributed by atoms with van der Waals surface area (Å²) >= 11 is 0. The maximum atomic E-state index is 14.1. The highest BCUT2D eigenvalue weighted by Gasteiger charge is 2.21. The molecule has 0 aliphatic heterocycles. The second-order valence-electron chi connectivity index (χ2n) is 5.38. The summed E-state index contributed by atoms with van der Waals surface area (Å²) in [6, 6.07) is 18.3. The Bertz CT molecular complexity index is 631. The number of hydrogen-bond acceptors (Lipinski definition) is 1. The molecular formula is C18H18FN. The topological polar surface area (TPSA) is 3.24 Å². The third kappa shape index (κ3) is 2.66. The minimum absolute atomic E-state index is 0.0195. The normalized spacial score (nSPS) is 13.9. The van der Waals surface area contributed by atoms with Gasteiger partial charge in [0.2, 0.25) is 0 Å². The Labute approximate surface area is 119 Å². The van der Waals surface area contributed by atoms with Crippen LogP contribution in [0.3, 0.4) is 0 Å². The van der Waals surface area contributed by atoms with E-state index in [9.17, 15) is 4.39 Å². The zero-order chi connectivity index (χ0) is 13.9. The molecule has 2 aromatic carbocycles. The third-order valence-electron chi connectivity index (χ3n) is 3.74. The summed E-state index contributed by atoms with van der Waals surface area (Å²) < 4.78 is 14.1. The van der Waals surface area contributed by atoms with E-state index >= 15 is 0 Å². The molecule has 0 unspecified atom stereocenters. The first-order valence-electron chi connectivity index (χ1n) is 6.92. The quantitative estimate of drug-likeness (QED) is 0.807. The third-order valence-corrected chi connectivity index (χ3v) is 3.74. The molecule has 1 aliphatic rings. The van der Waals surface area contributed by atoms with Gasteiger partial charge in [-0.05, 0) is 23.7 Å². The molecule has 1 aliphatic carbocycles. The molecule has 102 valence electrons. The predicted octanol–water partition coefficient (Wildman–Crippen LogP) is 4.06. The number of halogens is 1. The van der Waals surface area contributed by atoms with Crippen LogP contribution in [0.2, 0.25) is 0 Å². The maximum absolute atomic E-state index is 14.1. The van der Waals surface area contributed by atoms with Crippen LogP contribution < -0.4 is 0 Å². The number of fused-ring (bicyclic) bond motifs is 1. The van der Waals surface area contributed by atoms with Crippen molar-refractivity contribution in [1.29, 1.82) is 0 Å². The molecule has 0 N–H and O–H groups in total. The van der Waals surface area contributed by atoms with Crippen molar-refractivity contribution in [3.63, 3.8) is 0 Å². The Morgan fingerprint density at radius 3 is 2.45 bits per heavy atom. The number of rotatable bonds is 4. The first-order valence-corrected chi connectivity index (χ1v) is 6.92. The lowest BCUT2D eigenvalue weighted by atomic mass is 10.1. The number of benzene rings is 2. The van der Waals surface area contributed by atoms with Crippen molar-refractivity contribution in [2.24, 2.45) is 0 Å². The lowest BCUT2D eigenvalue weighted by Gasteiger charge is -2.18. The van der Waals surface area contributed by atoms with E-state index in [2.05, 4.69) is 17.0 Å². The monoisotopic (exact) mass is 267 g/mol. The molecule has 3 rings (SSSR count). The SMILES string of the molecule is CN(CC1=C(F)Cc2ccccc21)Cc1ccccc1. The summed E-state index contributed by atoms with van der Waals surface area (Å²) in [7, 11) is 2.04. The molecule has 0 radical (unpaired) electrons. The average molecular weight is 267 g/mol. The van der Waals surface area contributed by atoms with E-state index in [4.69, 9.17) is 0 Å². The number of nitrogens with zero attached hydrogens (tertiary/aromatic N) is 1. The van der Waals surface area contributed by atoms with Crippen LogP contribution in [0.25, 0.3) is 5.57 Å². The van der Waals surface area contributed by atoms with E-state index in [0.717, 1.165) is 23.2 Å². The highest BCUT2D eigenvalue weighted by molar-refractivity contribution is 5.76. The van der Waals surface area contributed by atoms with E-state index in [1.54, 1.807) is 0 Å². The van der Waals surface area contributed by atoms with Crippen LogP contribution in [-0.4, -0.2) is 18.5 Å². The van der Waals surface area contributed by atoms with Crippen molar-refractivity contribution in [2.45, 2.75) is 13.0 Å². The van der Waals surface area contributed by atoms with E-state index in [1.807, 2.05) is 49.5 Å². The molecule has 0 atom stereocenters. The van der Waals surface area contributed by atoms with Gasteiger partial charge in [-0.3, -0.25) is 4.90 Å². The van der Waals surface area contributed by atoms with Crippen LogP contribution in [-0.2, 0) is 13.0 Å². The molecule has 0 amide bonds. The van der Waals surface area contributed by atoms with Gasteiger partial charge in [0.1, 0.15) is 5.83 Å². The van der Waals surface area contributed by atoms with E-state index in [1.165, 1.54) is 5.56 Å². The van der Waals surface area contributed by atoms with Gasteiger partial charge in [0.25, 0.3) is 0 Å². The first-order chi connectivity index (χ1) is 9.74. The molecule has 0 saturated heterocycles. The van der Waals surface area contributed by atoms with Gasteiger partial charge in [0, 0.05) is 25.1 Å². The Kier molecular flexibility index (Phi) is 3.66. The van der Waals surface area contributed by atoms with E-state index in [0.29, 0.717) is 13.0 Å². The van der Waals surface area contributed by atoms with Crippen LogP contribution in [0.15, 0.2) is 60.4 Å². The molecule has 20 heavy (non-hydrogen) atoms.